The van der Waals surface area contributed by atoms with Gasteiger partial charge >= 0.3 is 0 Å². The molecule has 4 heterocycles. The van der Waals surface area contributed by atoms with E-state index in [0.29, 0.717) is 22.4 Å². The summed E-state index contributed by atoms with van der Waals surface area (Å²) in [5.41, 5.74) is 16.7. The molecule has 0 saturated carbocycles. The highest BCUT2D eigenvalue weighted by atomic mass is 32.2. The van der Waals surface area contributed by atoms with Crippen LogP contribution in [0.15, 0.2) is 277 Å². The quantitative estimate of drug-likeness (QED) is 0.108. The molecule has 14 aromatic rings. The highest BCUT2D eigenvalue weighted by Crippen LogP contribution is 2.43. The topological polar surface area (TPSA) is 88.0 Å². The summed E-state index contributed by atoms with van der Waals surface area (Å²) in [4.78, 5) is 0.521. The van der Waals surface area contributed by atoms with Crippen LogP contribution in [0.3, 0.4) is 0 Å². The van der Waals surface area contributed by atoms with Crippen LogP contribution in [0.25, 0.3) is 100 Å². The summed E-state index contributed by atoms with van der Waals surface area (Å²) in [7, 11) is -7.83. The van der Waals surface area contributed by atoms with Gasteiger partial charge in [-0.05, 0) is 134 Å². The number of hydrogen-bond donors (Lipinski definition) is 0. The Kier molecular flexibility index (Phi) is 16.6. The van der Waals surface area contributed by atoms with Crippen molar-refractivity contribution in [2.45, 2.75) is 77.0 Å². The first kappa shape index (κ1) is 58.6. The first-order valence-electron chi connectivity index (χ1n) is 30.2. The van der Waals surface area contributed by atoms with Crippen molar-refractivity contribution < 1.29 is 16.8 Å². The van der Waals surface area contributed by atoms with Crippen molar-refractivity contribution >= 4 is 63.7 Å². The minimum Gasteiger partial charge on any atom is -0.308 e. The lowest BCUT2D eigenvalue weighted by molar-refractivity contribution is 0.588. The lowest BCUT2D eigenvalue weighted by atomic mass is 10.1. The van der Waals surface area contributed by atoms with Gasteiger partial charge in [0.05, 0.1) is 66.0 Å². The Morgan fingerprint density at radius 1 is 0.307 bits per heavy atom. The molecule has 0 amide bonds. The van der Waals surface area contributed by atoms with Gasteiger partial charge in [-0.2, -0.15) is 0 Å². The van der Waals surface area contributed by atoms with Crippen LogP contribution in [-0.2, 0) is 20.0 Å². The Bertz CT molecular complexity index is 4710. The van der Waals surface area contributed by atoms with E-state index in [1.807, 2.05) is 196 Å². The van der Waals surface area contributed by atoms with Gasteiger partial charge in [-0.1, -0.05) is 245 Å². The molecule has 0 aliphatic heterocycles. The molecule has 8 nitrogen and oxygen atoms in total. The number of unbranched alkanes of at least 4 members (excludes halogenated alkanes) is 3. The lowest BCUT2D eigenvalue weighted by Crippen LogP contribution is -2.14. The van der Waals surface area contributed by atoms with E-state index < -0.39 is 20.0 Å². The number of para-hydroxylation sites is 2. The van der Waals surface area contributed by atoms with Crippen LogP contribution in [0.5, 0.6) is 0 Å². The standard InChI is InChI=1S/2C36H28N2O2S.C6H14/c2*1-25-17-20-30(21-18-25)41(39,40)38-33-22-19-26(2)36(31(33)24-35(38)28-13-7-4-8-14-28)37-32-16-10-9-15-29(32)23-34(37)27-11-5-3-6-12-27;1-3-5-6-4-2/h2*3-24H,1-2H3;3-6H2,1-2H3. The Balaban J connectivity index is 0.000000157. The number of nitrogens with zero attached hydrogens (tertiary/aromatic N) is 4. The maximum atomic E-state index is 14.4. The van der Waals surface area contributed by atoms with E-state index in [2.05, 4.69) is 97.5 Å². The maximum Gasteiger partial charge on any atom is 0.268 e. The van der Waals surface area contributed by atoms with Crippen molar-refractivity contribution in [1.82, 2.24) is 17.1 Å². The predicted molar refractivity (Wildman–Crippen MR) is 366 cm³/mol. The maximum absolute atomic E-state index is 14.4. The van der Waals surface area contributed by atoms with E-state index in [0.717, 1.165) is 99.8 Å². The smallest absolute Gasteiger partial charge is 0.268 e. The summed E-state index contributed by atoms with van der Waals surface area (Å²) in [5.74, 6) is 0. The van der Waals surface area contributed by atoms with Crippen LogP contribution in [0, 0.1) is 27.7 Å². The fourth-order valence-electron chi connectivity index (χ4n) is 12.0. The van der Waals surface area contributed by atoms with E-state index in [1.165, 1.54) is 33.6 Å². The Hall–Kier alpha value is -9.74. The molecule has 0 fully saturated rings. The Morgan fingerprint density at radius 2 is 0.614 bits per heavy atom. The van der Waals surface area contributed by atoms with Gasteiger partial charge in [0.2, 0.25) is 0 Å². The van der Waals surface area contributed by atoms with E-state index in [-0.39, 0.29) is 9.79 Å². The summed E-state index contributed by atoms with van der Waals surface area (Å²) >= 11 is 0. The molecule has 0 aliphatic rings. The van der Waals surface area contributed by atoms with Gasteiger partial charge < -0.3 is 9.13 Å². The summed E-state index contributed by atoms with van der Waals surface area (Å²) in [6, 6.07) is 87.3. The summed E-state index contributed by atoms with van der Waals surface area (Å²) < 4.78 is 65.0. The zero-order chi connectivity index (χ0) is 61.1. The number of aromatic nitrogens is 4. The Morgan fingerprint density at radius 3 is 0.943 bits per heavy atom. The number of rotatable bonds is 13. The summed E-state index contributed by atoms with van der Waals surface area (Å²) in [6.07, 6.45) is 5.54. The van der Waals surface area contributed by atoms with Crippen molar-refractivity contribution in [3.63, 3.8) is 0 Å². The van der Waals surface area contributed by atoms with Crippen LogP contribution in [0.2, 0.25) is 0 Å². The van der Waals surface area contributed by atoms with E-state index >= 15 is 0 Å². The van der Waals surface area contributed by atoms with Gasteiger partial charge in [-0.25, -0.2) is 24.8 Å². The molecule has 0 radical (unpaired) electrons. The van der Waals surface area contributed by atoms with Crippen LogP contribution in [0.1, 0.15) is 61.8 Å². The minimum absolute atomic E-state index is 0.260. The number of aryl methyl sites for hydroxylation is 4. The monoisotopic (exact) mass is 1190 g/mol. The second-order valence-corrected chi connectivity index (χ2v) is 26.1. The average Bonchev–Trinajstić information content (AvgIpc) is 1.63. The molecule has 4 aromatic heterocycles. The van der Waals surface area contributed by atoms with Crippen molar-refractivity contribution in [1.29, 1.82) is 0 Å². The van der Waals surface area contributed by atoms with E-state index in [1.54, 1.807) is 24.3 Å². The van der Waals surface area contributed by atoms with Crippen LogP contribution in [-0.4, -0.2) is 33.9 Å². The molecular weight excluding hydrogens is 1120 g/mol. The Labute approximate surface area is 517 Å². The molecule has 10 aromatic carbocycles. The zero-order valence-electron chi connectivity index (χ0n) is 50.5. The third kappa shape index (κ3) is 11.1. The number of fused-ring (bicyclic) bond motifs is 4. The van der Waals surface area contributed by atoms with Gasteiger partial charge in [0, 0.05) is 21.5 Å². The zero-order valence-corrected chi connectivity index (χ0v) is 52.1. The average molecular weight is 1190 g/mol. The summed E-state index contributed by atoms with van der Waals surface area (Å²) in [5, 5.41) is 3.99. The van der Waals surface area contributed by atoms with Gasteiger partial charge in [0.1, 0.15) is 0 Å². The minimum atomic E-state index is -3.91. The molecule has 0 bridgehead atoms. The number of hydrogen-bond acceptors (Lipinski definition) is 4. The molecule has 14 rings (SSSR count). The van der Waals surface area contributed by atoms with E-state index in [9.17, 15) is 16.8 Å². The fourth-order valence-corrected chi connectivity index (χ4v) is 15.0. The summed E-state index contributed by atoms with van der Waals surface area (Å²) in [6.45, 7) is 12.6. The second kappa shape index (κ2) is 24.9. The molecule has 0 N–H and O–H groups in total. The van der Waals surface area contributed by atoms with Crippen molar-refractivity contribution in [2.75, 3.05) is 0 Å². The van der Waals surface area contributed by atoms with Crippen LogP contribution in [0.4, 0.5) is 0 Å². The molecule has 10 heteroatoms. The third-order valence-electron chi connectivity index (χ3n) is 16.5. The van der Waals surface area contributed by atoms with Gasteiger partial charge in [0.25, 0.3) is 20.0 Å². The molecule has 438 valence electrons. The van der Waals surface area contributed by atoms with Crippen molar-refractivity contribution in [2.24, 2.45) is 0 Å². The third-order valence-corrected chi connectivity index (χ3v) is 19.9. The molecular formula is C78H70N4O4S2. The fraction of sp³-hybridized carbons (Fsp3) is 0.128. The van der Waals surface area contributed by atoms with Crippen LogP contribution < -0.4 is 0 Å². The molecule has 0 unspecified atom stereocenters. The highest BCUT2D eigenvalue weighted by Gasteiger charge is 2.29. The van der Waals surface area contributed by atoms with E-state index in [4.69, 9.17) is 0 Å². The van der Waals surface area contributed by atoms with Gasteiger partial charge in [0.15, 0.2) is 0 Å². The molecule has 88 heavy (non-hydrogen) atoms. The van der Waals surface area contributed by atoms with Crippen molar-refractivity contribution in [3.8, 4) is 56.4 Å². The predicted octanol–water partition coefficient (Wildman–Crippen LogP) is 20.1. The second-order valence-electron chi connectivity index (χ2n) is 22.6. The van der Waals surface area contributed by atoms with Gasteiger partial charge in [-0.3, -0.25) is 0 Å². The first-order chi connectivity index (χ1) is 42.8. The highest BCUT2D eigenvalue weighted by molar-refractivity contribution is 7.90. The largest absolute Gasteiger partial charge is 0.308 e. The first-order valence-corrected chi connectivity index (χ1v) is 33.0. The molecule has 0 atom stereocenters. The number of benzene rings is 10. The SMILES string of the molecule is CCCCCC.Cc1ccc(S(=O)(=O)n2c(-c3ccccc3)cc3c(-n4c(-c5ccccc5)cc5ccccc54)c(C)ccc32)cc1.Cc1ccc(S(=O)(=O)n2c(-c3ccccc3)cc3c(-n4c(-c5ccccc5)cc5ccccc54)c(C)ccc32)cc1. The van der Waals surface area contributed by atoms with Gasteiger partial charge in [-0.15, -0.1) is 0 Å². The normalized spacial score (nSPS) is 11.7. The molecule has 0 aliphatic carbocycles. The molecule has 0 saturated heterocycles. The lowest BCUT2D eigenvalue weighted by Gasteiger charge is -2.16. The van der Waals surface area contributed by atoms with Crippen LogP contribution >= 0.6 is 0 Å². The van der Waals surface area contributed by atoms with Crippen molar-refractivity contribution in [3.05, 3.63) is 289 Å². The molecule has 0 spiro atoms.